The quantitative estimate of drug-likeness (QED) is 0.815. The number of nitrogens with one attached hydrogen (secondary N) is 1. The van der Waals surface area contributed by atoms with Gasteiger partial charge in [0.15, 0.2) is 0 Å². The van der Waals surface area contributed by atoms with E-state index in [1.165, 1.54) is 0 Å². The van der Waals surface area contributed by atoms with Gasteiger partial charge in [0, 0.05) is 26.8 Å². The highest BCUT2D eigenvalue weighted by molar-refractivity contribution is 5.93. The highest BCUT2D eigenvalue weighted by atomic mass is 16.2. The van der Waals surface area contributed by atoms with Gasteiger partial charge >= 0.3 is 0 Å². The van der Waals surface area contributed by atoms with Crippen LogP contribution in [0.4, 0.5) is 5.82 Å². The predicted octanol–water partition coefficient (Wildman–Crippen LogP) is 1.61. The molecular formula is C11H17N3O. The Bertz CT molecular complexity index is 321. The molecule has 4 heteroatoms. The van der Waals surface area contributed by atoms with E-state index in [-0.39, 0.29) is 5.91 Å². The highest BCUT2D eigenvalue weighted by Gasteiger charge is 2.10. The number of anilines is 1. The Morgan fingerprint density at radius 3 is 2.73 bits per heavy atom. The van der Waals surface area contributed by atoms with E-state index in [2.05, 4.69) is 10.3 Å². The first kappa shape index (κ1) is 11.5. The second-order valence-corrected chi connectivity index (χ2v) is 3.41. The Balaban J connectivity index is 2.73. The summed E-state index contributed by atoms with van der Waals surface area (Å²) in [6.45, 7) is 2.82. The van der Waals surface area contributed by atoms with Crippen molar-refractivity contribution in [3.8, 4) is 0 Å². The predicted molar refractivity (Wildman–Crippen MR) is 61.0 cm³/mol. The van der Waals surface area contributed by atoms with Crippen molar-refractivity contribution in [2.24, 2.45) is 0 Å². The third kappa shape index (κ3) is 2.94. The first-order valence-corrected chi connectivity index (χ1v) is 5.08. The first-order chi connectivity index (χ1) is 7.19. The molecule has 82 valence electrons. The van der Waals surface area contributed by atoms with Gasteiger partial charge in [-0.25, -0.2) is 4.98 Å². The van der Waals surface area contributed by atoms with Crippen LogP contribution in [0.3, 0.4) is 0 Å². The number of carbonyl (C=O) groups is 1. The molecule has 0 radical (unpaired) electrons. The lowest BCUT2D eigenvalue weighted by atomic mass is 10.2. The largest absolute Gasteiger partial charge is 0.373 e. The van der Waals surface area contributed by atoms with Gasteiger partial charge in [-0.3, -0.25) is 4.79 Å². The van der Waals surface area contributed by atoms with Crippen molar-refractivity contribution in [1.82, 2.24) is 9.88 Å². The van der Waals surface area contributed by atoms with Gasteiger partial charge in [-0.15, -0.1) is 0 Å². The van der Waals surface area contributed by atoms with E-state index in [0.29, 0.717) is 5.56 Å². The number of nitrogens with zero attached hydrogens (tertiary/aromatic N) is 2. The zero-order chi connectivity index (χ0) is 11.3. The Labute approximate surface area is 90.3 Å². The monoisotopic (exact) mass is 207 g/mol. The molecule has 0 spiro atoms. The van der Waals surface area contributed by atoms with Gasteiger partial charge in [0.1, 0.15) is 5.82 Å². The van der Waals surface area contributed by atoms with Gasteiger partial charge in [-0.2, -0.15) is 0 Å². The van der Waals surface area contributed by atoms with Crippen molar-refractivity contribution < 1.29 is 4.79 Å². The van der Waals surface area contributed by atoms with Crippen LogP contribution in [0.1, 0.15) is 23.7 Å². The normalized spacial score (nSPS) is 9.80. The minimum absolute atomic E-state index is 0.0204. The third-order valence-corrected chi connectivity index (χ3v) is 2.17. The molecule has 0 unspecified atom stereocenters. The first-order valence-electron chi connectivity index (χ1n) is 5.08. The van der Waals surface area contributed by atoms with Crippen LogP contribution in [-0.2, 0) is 0 Å². The van der Waals surface area contributed by atoms with Gasteiger partial charge < -0.3 is 10.2 Å². The maximum Gasteiger partial charge on any atom is 0.255 e. The van der Waals surface area contributed by atoms with E-state index in [4.69, 9.17) is 0 Å². The second kappa shape index (κ2) is 5.34. The molecule has 1 heterocycles. The second-order valence-electron chi connectivity index (χ2n) is 3.41. The van der Waals surface area contributed by atoms with Gasteiger partial charge in [0.2, 0.25) is 0 Å². The van der Waals surface area contributed by atoms with Gasteiger partial charge in [-0.1, -0.05) is 6.92 Å². The van der Waals surface area contributed by atoms with E-state index in [1.54, 1.807) is 37.3 Å². The molecule has 0 fully saturated rings. The van der Waals surface area contributed by atoms with E-state index in [9.17, 15) is 4.79 Å². The molecule has 0 aliphatic rings. The molecule has 1 aromatic rings. The average molecular weight is 207 g/mol. The van der Waals surface area contributed by atoms with Crippen LogP contribution < -0.4 is 5.32 Å². The fourth-order valence-electron chi connectivity index (χ4n) is 1.33. The van der Waals surface area contributed by atoms with Gasteiger partial charge in [0.05, 0.1) is 5.56 Å². The Hall–Kier alpha value is -1.58. The Morgan fingerprint density at radius 2 is 2.27 bits per heavy atom. The molecular weight excluding hydrogens is 190 g/mol. The van der Waals surface area contributed by atoms with Gasteiger partial charge in [0.25, 0.3) is 5.91 Å². The summed E-state index contributed by atoms with van der Waals surface area (Å²) in [4.78, 5) is 17.6. The summed E-state index contributed by atoms with van der Waals surface area (Å²) < 4.78 is 0. The number of hydrogen-bond acceptors (Lipinski definition) is 3. The standard InChI is InChI=1S/C11H17N3O/c1-4-7-14(3)11(15)9-5-6-10(12-2)13-8-9/h5-6,8H,4,7H2,1-3H3,(H,12,13). The summed E-state index contributed by atoms with van der Waals surface area (Å²) in [5.41, 5.74) is 0.630. The number of hydrogen-bond donors (Lipinski definition) is 1. The summed E-state index contributed by atoms with van der Waals surface area (Å²) >= 11 is 0. The van der Waals surface area contributed by atoms with Crippen molar-refractivity contribution in [2.75, 3.05) is 26.0 Å². The molecule has 0 aliphatic carbocycles. The Morgan fingerprint density at radius 1 is 1.53 bits per heavy atom. The lowest BCUT2D eigenvalue weighted by Crippen LogP contribution is -2.27. The molecule has 0 atom stereocenters. The zero-order valence-electron chi connectivity index (χ0n) is 9.45. The van der Waals surface area contributed by atoms with E-state index >= 15 is 0 Å². The van der Waals surface area contributed by atoms with Crippen LogP contribution in [0, 0.1) is 0 Å². The maximum atomic E-state index is 11.8. The van der Waals surface area contributed by atoms with Crippen molar-refractivity contribution in [3.63, 3.8) is 0 Å². The molecule has 4 nitrogen and oxygen atoms in total. The fraction of sp³-hybridized carbons (Fsp3) is 0.455. The minimum Gasteiger partial charge on any atom is -0.373 e. The fourth-order valence-corrected chi connectivity index (χ4v) is 1.33. The summed E-state index contributed by atoms with van der Waals surface area (Å²) in [6.07, 6.45) is 2.56. The summed E-state index contributed by atoms with van der Waals surface area (Å²) in [5.74, 6) is 0.789. The van der Waals surface area contributed by atoms with E-state index < -0.39 is 0 Å². The molecule has 1 amide bonds. The highest BCUT2D eigenvalue weighted by Crippen LogP contribution is 2.06. The molecule has 1 rings (SSSR count). The molecule has 0 saturated carbocycles. The molecule has 15 heavy (non-hydrogen) atoms. The SMILES string of the molecule is CCCN(C)C(=O)c1ccc(NC)nc1. The molecule has 1 aromatic heterocycles. The Kier molecular flexibility index (Phi) is 4.09. The summed E-state index contributed by atoms with van der Waals surface area (Å²) in [7, 11) is 3.60. The molecule has 0 aliphatic heterocycles. The van der Waals surface area contributed by atoms with Crippen LogP contribution >= 0.6 is 0 Å². The third-order valence-electron chi connectivity index (χ3n) is 2.17. The lowest BCUT2D eigenvalue weighted by molar-refractivity contribution is 0.0795. The number of amides is 1. The van der Waals surface area contributed by atoms with Crippen LogP contribution in [0.5, 0.6) is 0 Å². The molecule has 0 bridgehead atoms. The number of rotatable bonds is 4. The van der Waals surface area contributed by atoms with Crippen LogP contribution in [0.2, 0.25) is 0 Å². The molecule has 1 N–H and O–H groups in total. The van der Waals surface area contributed by atoms with Crippen LogP contribution in [0.25, 0.3) is 0 Å². The summed E-state index contributed by atoms with van der Waals surface area (Å²) in [5, 5.41) is 2.91. The van der Waals surface area contributed by atoms with Crippen LogP contribution in [0.15, 0.2) is 18.3 Å². The van der Waals surface area contributed by atoms with Crippen molar-refractivity contribution in [1.29, 1.82) is 0 Å². The average Bonchev–Trinajstić information content (AvgIpc) is 2.28. The molecule has 0 aromatic carbocycles. The lowest BCUT2D eigenvalue weighted by Gasteiger charge is -2.15. The van der Waals surface area contributed by atoms with Crippen molar-refractivity contribution >= 4 is 11.7 Å². The number of pyridine rings is 1. The topological polar surface area (TPSA) is 45.2 Å². The smallest absolute Gasteiger partial charge is 0.255 e. The summed E-state index contributed by atoms with van der Waals surface area (Å²) in [6, 6.07) is 3.58. The number of carbonyl (C=O) groups excluding carboxylic acids is 1. The maximum absolute atomic E-state index is 11.8. The minimum atomic E-state index is 0.0204. The zero-order valence-corrected chi connectivity index (χ0v) is 9.45. The van der Waals surface area contributed by atoms with Gasteiger partial charge in [-0.05, 0) is 18.6 Å². The van der Waals surface area contributed by atoms with Crippen molar-refractivity contribution in [3.05, 3.63) is 23.9 Å². The number of aromatic nitrogens is 1. The van der Waals surface area contributed by atoms with Crippen molar-refractivity contribution in [2.45, 2.75) is 13.3 Å². The van der Waals surface area contributed by atoms with Crippen LogP contribution in [-0.4, -0.2) is 36.4 Å². The molecule has 0 saturated heterocycles. The van der Waals surface area contributed by atoms with E-state index in [0.717, 1.165) is 18.8 Å². The van der Waals surface area contributed by atoms with E-state index in [1.807, 2.05) is 6.92 Å².